The maximum atomic E-state index is 11.3. The predicted octanol–water partition coefficient (Wildman–Crippen LogP) is 2.85. The third-order valence-corrected chi connectivity index (χ3v) is 3.42. The number of carbonyl (C=O) groups excluding carboxylic acids is 1. The molecule has 1 aromatic carbocycles. The zero-order chi connectivity index (χ0) is 15.6. The molecule has 0 amide bonds. The molecule has 0 saturated carbocycles. The Bertz CT molecular complexity index is 637. The van der Waals surface area contributed by atoms with Gasteiger partial charge in [0.05, 0.1) is 5.56 Å². The van der Waals surface area contributed by atoms with Gasteiger partial charge in [0.15, 0.2) is 6.29 Å². The summed E-state index contributed by atoms with van der Waals surface area (Å²) < 4.78 is 6.51. The van der Waals surface area contributed by atoms with E-state index in [1.54, 1.807) is 7.11 Å². The standard InChI is InChI=1S/C16H21N3O2/c1-16(2,3)12-7-5-11(6-8-12)14-13(9-20)15(17)19(18-14)10-21-4/h5-9H,10,17H2,1-4H3. The molecule has 2 N–H and O–H groups in total. The Kier molecular flexibility index (Phi) is 4.14. The molecule has 2 aromatic rings. The Hall–Kier alpha value is -2.14. The van der Waals surface area contributed by atoms with Crippen LogP contribution in [0, 0.1) is 0 Å². The molecule has 1 heterocycles. The molecule has 112 valence electrons. The van der Waals surface area contributed by atoms with E-state index in [4.69, 9.17) is 10.5 Å². The van der Waals surface area contributed by atoms with E-state index in [2.05, 4.69) is 38.0 Å². The van der Waals surface area contributed by atoms with Crippen molar-refractivity contribution in [3.05, 3.63) is 35.4 Å². The van der Waals surface area contributed by atoms with Crippen molar-refractivity contribution in [3.63, 3.8) is 0 Å². The molecule has 0 spiro atoms. The van der Waals surface area contributed by atoms with Crippen LogP contribution in [0.25, 0.3) is 11.3 Å². The van der Waals surface area contributed by atoms with E-state index in [0.29, 0.717) is 17.1 Å². The van der Waals surface area contributed by atoms with Gasteiger partial charge in [-0.15, -0.1) is 0 Å². The molecule has 0 aliphatic heterocycles. The van der Waals surface area contributed by atoms with Gasteiger partial charge in [0.25, 0.3) is 0 Å². The number of anilines is 1. The van der Waals surface area contributed by atoms with Crippen LogP contribution in [0.4, 0.5) is 5.82 Å². The fraction of sp³-hybridized carbons (Fsp3) is 0.375. The number of methoxy groups -OCH3 is 1. The van der Waals surface area contributed by atoms with Crippen LogP contribution in [-0.4, -0.2) is 23.2 Å². The number of carbonyl (C=O) groups is 1. The molecule has 0 fully saturated rings. The highest BCUT2D eigenvalue weighted by Crippen LogP contribution is 2.29. The van der Waals surface area contributed by atoms with Crippen molar-refractivity contribution in [1.29, 1.82) is 0 Å². The van der Waals surface area contributed by atoms with Crippen LogP contribution in [0.1, 0.15) is 36.7 Å². The molecule has 2 rings (SSSR count). The van der Waals surface area contributed by atoms with Crippen LogP contribution in [0.5, 0.6) is 0 Å². The highest BCUT2D eigenvalue weighted by Gasteiger charge is 2.18. The van der Waals surface area contributed by atoms with E-state index < -0.39 is 0 Å². The molecule has 0 saturated heterocycles. The Balaban J connectivity index is 2.46. The molecule has 0 aliphatic rings. The van der Waals surface area contributed by atoms with Crippen molar-refractivity contribution in [1.82, 2.24) is 9.78 Å². The number of aromatic nitrogens is 2. The minimum absolute atomic E-state index is 0.0838. The third-order valence-electron chi connectivity index (χ3n) is 3.42. The van der Waals surface area contributed by atoms with E-state index in [1.807, 2.05) is 12.1 Å². The highest BCUT2D eigenvalue weighted by atomic mass is 16.5. The lowest BCUT2D eigenvalue weighted by Gasteiger charge is -2.18. The number of benzene rings is 1. The number of aldehydes is 1. The molecule has 1 aromatic heterocycles. The second kappa shape index (κ2) is 5.69. The summed E-state index contributed by atoms with van der Waals surface area (Å²) >= 11 is 0. The number of hydrogen-bond acceptors (Lipinski definition) is 4. The number of hydrogen-bond donors (Lipinski definition) is 1. The largest absolute Gasteiger partial charge is 0.383 e. The Morgan fingerprint density at radius 2 is 1.90 bits per heavy atom. The molecular weight excluding hydrogens is 266 g/mol. The van der Waals surface area contributed by atoms with Crippen molar-refractivity contribution in [3.8, 4) is 11.3 Å². The van der Waals surface area contributed by atoms with E-state index in [-0.39, 0.29) is 12.1 Å². The maximum Gasteiger partial charge on any atom is 0.156 e. The summed E-state index contributed by atoms with van der Waals surface area (Å²) in [5.41, 5.74) is 9.08. The van der Waals surface area contributed by atoms with Crippen LogP contribution in [0.3, 0.4) is 0 Å². The monoisotopic (exact) mass is 287 g/mol. The summed E-state index contributed by atoms with van der Waals surface area (Å²) in [4.78, 5) is 11.3. The number of rotatable bonds is 4. The summed E-state index contributed by atoms with van der Waals surface area (Å²) in [7, 11) is 1.56. The third kappa shape index (κ3) is 2.97. The topological polar surface area (TPSA) is 70.1 Å². The van der Waals surface area contributed by atoms with Gasteiger partial charge in [-0.3, -0.25) is 4.79 Å². The minimum Gasteiger partial charge on any atom is -0.383 e. The molecule has 0 radical (unpaired) electrons. The molecule has 0 bridgehead atoms. The normalized spacial score (nSPS) is 11.6. The van der Waals surface area contributed by atoms with Gasteiger partial charge >= 0.3 is 0 Å². The second-order valence-corrected chi connectivity index (χ2v) is 6.01. The van der Waals surface area contributed by atoms with Crippen LogP contribution in [-0.2, 0) is 16.9 Å². The zero-order valence-electron chi connectivity index (χ0n) is 12.9. The molecule has 5 heteroatoms. The fourth-order valence-electron chi connectivity index (χ4n) is 2.17. The lowest BCUT2D eigenvalue weighted by Crippen LogP contribution is -2.10. The first-order valence-electron chi connectivity index (χ1n) is 6.79. The molecular formula is C16H21N3O2. The lowest BCUT2D eigenvalue weighted by molar-refractivity contribution is 0.112. The van der Waals surface area contributed by atoms with Crippen molar-refractivity contribution >= 4 is 12.1 Å². The number of nitrogens with zero attached hydrogens (tertiary/aromatic N) is 2. The van der Waals surface area contributed by atoms with E-state index >= 15 is 0 Å². The van der Waals surface area contributed by atoms with Gasteiger partial charge in [-0.25, -0.2) is 4.68 Å². The van der Waals surface area contributed by atoms with Gasteiger partial charge in [0.1, 0.15) is 18.2 Å². The Morgan fingerprint density at radius 1 is 1.29 bits per heavy atom. The molecule has 0 unspecified atom stereocenters. The van der Waals surface area contributed by atoms with Crippen LogP contribution in [0.15, 0.2) is 24.3 Å². The molecule has 5 nitrogen and oxygen atoms in total. The summed E-state index contributed by atoms with van der Waals surface area (Å²) in [6.07, 6.45) is 0.738. The Labute approximate surface area is 124 Å². The molecule has 0 atom stereocenters. The van der Waals surface area contributed by atoms with Gasteiger partial charge in [-0.1, -0.05) is 45.0 Å². The van der Waals surface area contributed by atoms with Gasteiger partial charge in [0.2, 0.25) is 0 Å². The minimum atomic E-state index is 0.0838. The lowest BCUT2D eigenvalue weighted by atomic mass is 9.86. The van der Waals surface area contributed by atoms with E-state index in [1.165, 1.54) is 10.2 Å². The van der Waals surface area contributed by atoms with Gasteiger partial charge in [-0.2, -0.15) is 5.10 Å². The Morgan fingerprint density at radius 3 is 2.38 bits per heavy atom. The summed E-state index contributed by atoms with van der Waals surface area (Å²) in [5.74, 6) is 0.321. The predicted molar refractivity (Wildman–Crippen MR) is 83.2 cm³/mol. The molecule has 0 aliphatic carbocycles. The van der Waals surface area contributed by atoms with Gasteiger partial charge in [-0.05, 0) is 11.0 Å². The number of nitrogens with two attached hydrogens (primary N) is 1. The highest BCUT2D eigenvalue weighted by molar-refractivity contribution is 5.91. The van der Waals surface area contributed by atoms with Crippen molar-refractivity contribution in [2.75, 3.05) is 12.8 Å². The van der Waals surface area contributed by atoms with Crippen LogP contribution in [0.2, 0.25) is 0 Å². The van der Waals surface area contributed by atoms with Crippen LogP contribution < -0.4 is 5.73 Å². The first-order valence-corrected chi connectivity index (χ1v) is 6.79. The van der Waals surface area contributed by atoms with Crippen molar-refractivity contribution in [2.24, 2.45) is 0 Å². The maximum absolute atomic E-state index is 11.3. The molecule has 21 heavy (non-hydrogen) atoms. The average molecular weight is 287 g/mol. The average Bonchev–Trinajstić information content (AvgIpc) is 2.75. The first kappa shape index (κ1) is 15.3. The summed E-state index contributed by atoms with van der Waals surface area (Å²) in [6.45, 7) is 6.69. The van der Waals surface area contributed by atoms with Crippen molar-refractivity contribution in [2.45, 2.75) is 32.9 Å². The van der Waals surface area contributed by atoms with Gasteiger partial charge in [0, 0.05) is 12.7 Å². The number of nitrogen functional groups attached to an aromatic ring is 1. The SMILES string of the molecule is COCn1nc(-c2ccc(C(C)(C)C)cc2)c(C=O)c1N. The smallest absolute Gasteiger partial charge is 0.156 e. The first-order chi connectivity index (χ1) is 9.88. The summed E-state index contributed by atoms with van der Waals surface area (Å²) in [5, 5.41) is 4.37. The summed E-state index contributed by atoms with van der Waals surface area (Å²) in [6, 6.07) is 8.03. The van der Waals surface area contributed by atoms with E-state index in [9.17, 15) is 4.79 Å². The zero-order valence-corrected chi connectivity index (χ0v) is 12.9. The van der Waals surface area contributed by atoms with Crippen LogP contribution >= 0.6 is 0 Å². The fourth-order valence-corrected chi connectivity index (χ4v) is 2.17. The van der Waals surface area contributed by atoms with Gasteiger partial charge < -0.3 is 10.5 Å². The number of ether oxygens (including phenoxy) is 1. The van der Waals surface area contributed by atoms with E-state index in [0.717, 1.165) is 11.8 Å². The second-order valence-electron chi connectivity index (χ2n) is 6.01. The van der Waals surface area contributed by atoms with Crippen molar-refractivity contribution < 1.29 is 9.53 Å². The quantitative estimate of drug-likeness (QED) is 0.878.